The molecule has 1 amide bonds. The number of nitrogens with one attached hydrogen (secondary N) is 1. The fourth-order valence-corrected chi connectivity index (χ4v) is 4.74. The number of carbonyl (C=O) groups excluding carboxylic acids is 1. The van der Waals surface area contributed by atoms with Crippen molar-refractivity contribution in [1.82, 2.24) is 4.31 Å². The zero-order valence-electron chi connectivity index (χ0n) is 15.9. The quantitative estimate of drug-likeness (QED) is 0.476. The molecule has 0 bridgehead atoms. The van der Waals surface area contributed by atoms with Crippen LogP contribution in [0.5, 0.6) is 0 Å². The number of aliphatic hydroxyl groups excluding tert-OH is 2. The van der Waals surface area contributed by atoms with E-state index in [1.165, 1.54) is 0 Å². The van der Waals surface area contributed by atoms with Crippen LogP contribution in [0.15, 0.2) is 35.2 Å². The molecule has 2 aromatic rings. The second kappa shape index (κ2) is 8.91. The maximum absolute atomic E-state index is 14.3. The van der Waals surface area contributed by atoms with E-state index in [4.69, 9.17) is 0 Å². The molecule has 3 rings (SSSR count). The average molecular weight is 462 g/mol. The summed E-state index contributed by atoms with van der Waals surface area (Å²) in [6.45, 7) is -0.548. The molecule has 0 aliphatic carbocycles. The van der Waals surface area contributed by atoms with Gasteiger partial charge in [0.1, 0.15) is 10.7 Å². The van der Waals surface area contributed by atoms with Gasteiger partial charge in [-0.05, 0) is 24.6 Å². The SMILES string of the molecule is O=C(Nc1cc(F)c(F)c(F)c1)c1ccc(F)c(S(=O)(=O)N2CCC(O)CC(O)C2)c1. The van der Waals surface area contributed by atoms with Gasteiger partial charge in [0.15, 0.2) is 17.5 Å². The van der Waals surface area contributed by atoms with Gasteiger partial charge in [-0.2, -0.15) is 4.31 Å². The van der Waals surface area contributed by atoms with Gasteiger partial charge >= 0.3 is 0 Å². The molecule has 3 N–H and O–H groups in total. The zero-order chi connectivity index (χ0) is 22.9. The van der Waals surface area contributed by atoms with Crippen LogP contribution in [0.1, 0.15) is 23.2 Å². The molecule has 7 nitrogen and oxygen atoms in total. The van der Waals surface area contributed by atoms with E-state index in [0.717, 1.165) is 22.5 Å². The molecule has 0 spiro atoms. The molecule has 0 saturated carbocycles. The third-order valence-electron chi connectivity index (χ3n) is 4.72. The fourth-order valence-electron chi connectivity index (χ4n) is 3.16. The summed E-state index contributed by atoms with van der Waals surface area (Å²) >= 11 is 0. The van der Waals surface area contributed by atoms with Gasteiger partial charge in [-0.25, -0.2) is 26.0 Å². The van der Waals surface area contributed by atoms with E-state index in [0.29, 0.717) is 12.1 Å². The molecular formula is C19H18F4N2O5S. The van der Waals surface area contributed by atoms with Gasteiger partial charge < -0.3 is 15.5 Å². The van der Waals surface area contributed by atoms with E-state index in [-0.39, 0.29) is 31.5 Å². The minimum Gasteiger partial charge on any atom is -0.393 e. The Balaban J connectivity index is 1.89. The summed E-state index contributed by atoms with van der Waals surface area (Å²) in [7, 11) is -4.48. The van der Waals surface area contributed by atoms with Gasteiger partial charge in [-0.3, -0.25) is 4.79 Å². The topological polar surface area (TPSA) is 107 Å². The Bertz CT molecular complexity index is 1090. The summed E-state index contributed by atoms with van der Waals surface area (Å²) in [6, 6.07) is 3.49. The summed E-state index contributed by atoms with van der Waals surface area (Å²) in [4.78, 5) is 11.5. The normalized spacial score (nSPS) is 20.3. The molecule has 31 heavy (non-hydrogen) atoms. The Morgan fingerprint density at radius 1 is 1.00 bits per heavy atom. The Labute approximate surface area is 175 Å². The summed E-state index contributed by atoms with van der Waals surface area (Å²) in [5.41, 5.74) is -0.778. The highest BCUT2D eigenvalue weighted by atomic mass is 32.2. The summed E-state index contributed by atoms with van der Waals surface area (Å²) in [5, 5.41) is 21.6. The van der Waals surface area contributed by atoms with Crippen molar-refractivity contribution in [2.24, 2.45) is 0 Å². The second-order valence-corrected chi connectivity index (χ2v) is 8.95. The van der Waals surface area contributed by atoms with E-state index < -0.39 is 62.0 Å². The lowest BCUT2D eigenvalue weighted by Gasteiger charge is -2.22. The lowest BCUT2D eigenvalue weighted by atomic mass is 10.1. The van der Waals surface area contributed by atoms with Crippen LogP contribution in [0.4, 0.5) is 23.2 Å². The van der Waals surface area contributed by atoms with Gasteiger partial charge in [0.25, 0.3) is 5.91 Å². The first-order chi connectivity index (χ1) is 14.5. The lowest BCUT2D eigenvalue weighted by Crippen LogP contribution is -2.36. The van der Waals surface area contributed by atoms with E-state index in [1.807, 2.05) is 0 Å². The predicted molar refractivity (Wildman–Crippen MR) is 101 cm³/mol. The third-order valence-corrected chi connectivity index (χ3v) is 6.60. The number of benzene rings is 2. The summed E-state index contributed by atoms with van der Waals surface area (Å²) < 4.78 is 80.6. The van der Waals surface area contributed by atoms with Crippen LogP contribution >= 0.6 is 0 Å². The van der Waals surface area contributed by atoms with Crippen molar-refractivity contribution in [2.45, 2.75) is 29.9 Å². The first kappa shape index (κ1) is 23.1. The number of hydrogen-bond donors (Lipinski definition) is 3. The van der Waals surface area contributed by atoms with Crippen molar-refractivity contribution >= 4 is 21.6 Å². The van der Waals surface area contributed by atoms with Crippen molar-refractivity contribution in [3.05, 3.63) is 59.2 Å². The molecular weight excluding hydrogens is 444 g/mol. The lowest BCUT2D eigenvalue weighted by molar-refractivity contribution is 0.0886. The number of anilines is 1. The number of carbonyl (C=O) groups is 1. The van der Waals surface area contributed by atoms with Crippen LogP contribution in [0.25, 0.3) is 0 Å². The molecule has 1 heterocycles. The van der Waals surface area contributed by atoms with Crippen LogP contribution < -0.4 is 5.32 Å². The Hall–Kier alpha value is -2.54. The number of β-amino-alcohol motifs (C(OH)–C–C–N with tert-alkyl or cyclic N) is 1. The molecule has 2 atom stereocenters. The molecule has 1 aliphatic rings. The van der Waals surface area contributed by atoms with Crippen LogP contribution in [0.3, 0.4) is 0 Å². The molecule has 2 aromatic carbocycles. The van der Waals surface area contributed by atoms with E-state index in [2.05, 4.69) is 5.32 Å². The van der Waals surface area contributed by atoms with Crippen molar-refractivity contribution < 1.29 is 41.0 Å². The van der Waals surface area contributed by atoms with Crippen LogP contribution in [0, 0.1) is 23.3 Å². The molecule has 2 unspecified atom stereocenters. The van der Waals surface area contributed by atoms with Gasteiger partial charge in [-0.1, -0.05) is 0 Å². The Morgan fingerprint density at radius 3 is 2.29 bits per heavy atom. The first-order valence-corrected chi connectivity index (χ1v) is 10.5. The van der Waals surface area contributed by atoms with Crippen LogP contribution in [-0.2, 0) is 10.0 Å². The number of hydrogen-bond acceptors (Lipinski definition) is 5. The van der Waals surface area contributed by atoms with Gasteiger partial charge in [0.2, 0.25) is 10.0 Å². The molecule has 1 saturated heterocycles. The number of amides is 1. The van der Waals surface area contributed by atoms with Gasteiger partial charge in [0, 0.05) is 42.9 Å². The smallest absolute Gasteiger partial charge is 0.255 e. The minimum absolute atomic E-state index is 0.0276. The van der Waals surface area contributed by atoms with Crippen LogP contribution in [0.2, 0.25) is 0 Å². The number of nitrogens with zero attached hydrogens (tertiary/aromatic N) is 1. The predicted octanol–water partition coefficient (Wildman–Crippen LogP) is 2.00. The van der Waals surface area contributed by atoms with Crippen molar-refractivity contribution in [3.63, 3.8) is 0 Å². The minimum atomic E-state index is -4.48. The molecule has 0 radical (unpaired) electrons. The number of aliphatic hydroxyl groups is 2. The monoisotopic (exact) mass is 462 g/mol. The molecule has 1 fully saturated rings. The number of sulfonamides is 1. The molecule has 0 aromatic heterocycles. The van der Waals surface area contributed by atoms with Crippen molar-refractivity contribution in [2.75, 3.05) is 18.4 Å². The highest BCUT2D eigenvalue weighted by molar-refractivity contribution is 7.89. The summed E-state index contributed by atoms with van der Waals surface area (Å²) in [5.74, 6) is -6.99. The zero-order valence-corrected chi connectivity index (χ0v) is 16.7. The molecule has 12 heteroatoms. The van der Waals surface area contributed by atoms with Gasteiger partial charge in [0.05, 0.1) is 12.2 Å². The largest absolute Gasteiger partial charge is 0.393 e. The standard InChI is InChI=1S/C19H18F4N2O5S/c20-14-2-1-10(19(28)24-11-6-15(21)18(23)16(22)7-11)5-17(14)31(29,30)25-4-3-12(26)8-13(27)9-25/h1-2,5-7,12-13,26-27H,3-4,8-9H2,(H,24,28). The second-order valence-electron chi connectivity index (χ2n) is 7.05. The Kier molecular flexibility index (Phi) is 6.65. The first-order valence-electron chi connectivity index (χ1n) is 9.10. The van der Waals surface area contributed by atoms with E-state index in [9.17, 15) is 41.0 Å². The highest BCUT2D eigenvalue weighted by Gasteiger charge is 2.33. The number of rotatable bonds is 4. The fraction of sp³-hybridized carbons (Fsp3) is 0.316. The maximum Gasteiger partial charge on any atom is 0.255 e. The summed E-state index contributed by atoms with van der Waals surface area (Å²) in [6.07, 6.45) is -2.10. The maximum atomic E-state index is 14.3. The third kappa shape index (κ3) is 5.03. The van der Waals surface area contributed by atoms with Crippen molar-refractivity contribution in [1.29, 1.82) is 0 Å². The molecule has 1 aliphatic heterocycles. The highest BCUT2D eigenvalue weighted by Crippen LogP contribution is 2.25. The van der Waals surface area contributed by atoms with Crippen LogP contribution in [-0.4, -0.2) is 54.1 Å². The van der Waals surface area contributed by atoms with E-state index in [1.54, 1.807) is 0 Å². The van der Waals surface area contributed by atoms with Gasteiger partial charge in [-0.15, -0.1) is 0 Å². The number of halogens is 4. The van der Waals surface area contributed by atoms with Crippen molar-refractivity contribution in [3.8, 4) is 0 Å². The molecule has 168 valence electrons. The van der Waals surface area contributed by atoms with E-state index >= 15 is 0 Å². The average Bonchev–Trinajstić information content (AvgIpc) is 2.86. The Morgan fingerprint density at radius 2 is 1.65 bits per heavy atom.